The summed E-state index contributed by atoms with van der Waals surface area (Å²) in [5, 5.41) is 8.90. The molecule has 0 spiro atoms. The van der Waals surface area contributed by atoms with Gasteiger partial charge in [0.05, 0.1) is 22.6 Å². The summed E-state index contributed by atoms with van der Waals surface area (Å²) in [7, 11) is 4.07. The summed E-state index contributed by atoms with van der Waals surface area (Å²) < 4.78 is 1.85. The largest absolute Gasteiger partial charge is 0.338 e. The van der Waals surface area contributed by atoms with E-state index in [1.54, 1.807) is 4.90 Å². The number of carbonyl (C=O) groups is 1. The second-order valence-electron chi connectivity index (χ2n) is 9.98. The van der Waals surface area contributed by atoms with Gasteiger partial charge in [0.2, 0.25) is 5.91 Å². The number of aryl methyl sites for hydroxylation is 1. The van der Waals surface area contributed by atoms with Gasteiger partial charge < -0.3 is 9.80 Å². The van der Waals surface area contributed by atoms with Gasteiger partial charge in [-0.25, -0.2) is 4.98 Å². The van der Waals surface area contributed by atoms with E-state index in [9.17, 15) is 9.59 Å². The molecular weight excluding hydrogens is 452 g/mol. The first kappa shape index (κ1) is 23.9. The van der Waals surface area contributed by atoms with Gasteiger partial charge in [0.15, 0.2) is 0 Å². The van der Waals surface area contributed by atoms with Crippen LogP contribution in [0.1, 0.15) is 17.8 Å². The first-order valence-corrected chi connectivity index (χ1v) is 12.4. The van der Waals surface area contributed by atoms with Gasteiger partial charge in [-0.3, -0.25) is 19.3 Å². The number of amides is 1. The number of hydrogen-bond donors (Lipinski definition) is 1. The van der Waals surface area contributed by atoms with Crippen LogP contribution >= 0.6 is 0 Å². The molecule has 0 atom stereocenters. The number of aromatic nitrogens is 4. The quantitative estimate of drug-likeness (QED) is 0.388. The second kappa shape index (κ2) is 9.70. The summed E-state index contributed by atoms with van der Waals surface area (Å²) in [4.78, 5) is 34.5. The molecule has 2 aromatic carbocycles. The molecule has 0 bridgehead atoms. The Morgan fingerprint density at radius 1 is 1.22 bits per heavy atom. The SMILES string of the molecule is C=CC(=O)N1CC(Cc2nc3ccc(-c4c(C)ccc5[nH]ncc45)cc3c(=O)n2CCCN(C)C)C1. The highest BCUT2D eigenvalue weighted by Gasteiger charge is 2.30. The lowest BCUT2D eigenvalue weighted by Gasteiger charge is -2.38. The molecule has 4 aromatic rings. The van der Waals surface area contributed by atoms with Crippen LogP contribution in [0.15, 0.2) is 54.0 Å². The molecule has 2 aromatic heterocycles. The maximum Gasteiger partial charge on any atom is 0.261 e. The molecule has 8 nitrogen and oxygen atoms in total. The maximum absolute atomic E-state index is 13.8. The van der Waals surface area contributed by atoms with Crippen molar-refractivity contribution in [1.82, 2.24) is 29.5 Å². The monoisotopic (exact) mass is 484 g/mol. The fraction of sp³-hybridized carbons (Fsp3) is 0.357. The molecule has 8 heteroatoms. The highest BCUT2D eigenvalue weighted by atomic mass is 16.2. The summed E-state index contributed by atoms with van der Waals surface area (Å²) in [5.41, 5.74) is 4.85. The average Bonchev–Trinajstić information content (AvgIpc) is 3.31. The lowest BCUT2D eigenvalue weighted by Crippen LogP contribution is -2.50. The van der Waals surface area contributed by atoms with Crippen molar-refractivity contribution in [3.05, 3.63) is 70.9 Å². The third-order valence-corrected chi connectivity index (χ3v) is 7.06. The number of benzene rings is 2. The standard InChI is InChI=1S/C28H32N6O2/c1-5-26(35)33-16-19(17-33)13-25-30-23-10-8-20(27-18(2)7-9-24-22(27)15-29-31-24)14-21(23)28(36)34(25)12-6-11-32(3)4/h5,7-10,14-15,19H,1,6,11-13,16-17H2,2-4H3,(H,29,31). The Labute approximate surface area is 210 Å². The zero-order valence-corrected chi connectivity index (χ0v) is 21.1. The van der Waals surface area contributed by atoms with Gasteiger partial charge in [0.25, 0.3) is 5.56 Å². The van der Waals surface area contributed by atoms with E-state index >= 15 is 0 Å². The van der Waals surface area contributed by atoms with Gasteiger partial charge in [0, 0.05) is 37.4 Å². The molecule has 1 aliphatic rings. The Kier molecular flexibility index (Phi) is 6.45. The van der Waals surface area contributed by atoms with E-state index in [0.717, 1.165) is 46.4 Å². The topological polar surface area (TPSA) is 87.1 Å². The van der Waals surface area contributed by atoms with Gasteiger partial charge >= 0.3 is 0 Å². The first-order valence-electron chi connectivity index (χ1n) is 12.4. The van der Waals surface area contributed by atoms with Gasteiger partial charge in [-0.15, -0.1) is 0 Å². The Bertz CT molecular complexity index is 1510. The Hall–Kier alpha value is -3.78. The van der Waals surface area contributed by atoms with Crippen LogP contribution in [-0.2, 0) is 17.8 Å². The van der Waals surface area contributed by atoms with Gasteiger partial charge in [0.1, 0.15) is 5.82 Å². The second-order valence-corrected chi connectivity index (χ2v) is 9.98. The van der Waals surface area contributed by atoms with Crippen LogP contribution < -0.4 is 5.56 Å². The summed E-state index contributed by atoms with van der Waals surface area (Å²) in [5.74, 6) is 1.04. The number of H-pyrrole nitrogens is 1. The van der Waals surface area contributed by atoms with Crippen molar-refractivity contribution in [2.75, 3.05) is 33.7 Å². The zero-order chi connectivity index (χ0) is 25.4. The minimum atomic E-state index is -0.0449. The number of rotatable bonds is 8. The molecule has 36 heavy (non-hydrogen) atoms. The van der Waals surface area contributed by atoms with Crippen LogP contribution in [0.25, 0.3) is 32.9 Å². The number of fused-ring (bicyclic) bond motifs is 2. The lowest BCUT2D eigenvalue weighted by atomic mass is 9.95. The predicted octanol–water partition coefficient (Wildman–Crippen LogP) is 3.39. The molecule has 1 N–H and O–H groups in total. The fourth-order valence-electron chi connectivity index (χ4n) is 5.13. The van der Waals surface area contributed by atoms with Crippen molar-refractivity contribution in [3.8, 4) is 11.1 Å². The van der Waals surface area contributed by atoms with E-state index in [4.69, 9.17) is 4.98 Å². The van der Waals surface area contributed by atoms with E-state index in [1.807, 2.05) is 49.1 Å². The average molecular weight is 485 g/mol. The molecule has 0 saturated carbocycles. The summed E-state index contributed by atoms with van der Waals surface area (Å²) in [6, 6.07) is 10.1. The van der Waals surface area contributed by atoms with E-state index in [2.05, 4.69) is 34.7 Å². The fourth-order valence-corrected chi connectivity index (χ4v) is 5.13. The summed E-state index contributed by atoms with van der Waals surface area (Å²) in [6.45, 7) is 8.48. The van der Waals surface area contributed by atoms with E-state index < -0.39 is 0 Å². The molecule has 5 rings (SSSR count). The smallest absolute Gasteiger partial charge is 0.261 e. The normalized spacial score (nSPS) is 14.1. The van der Waals surface area contributed by atoms with Gasteiger partial charge in [-0.05, 0) is 75.0 Å². The number of likely N-dealkylation sites (tertiary alicyclic amines) is 1. The third kappa shape index (κ3) is 4.44. The zero-order valence-electron chi connectivity index (χ0n) is 21.1. The molecule has 1 aliphatic heterocycles. The minimum Gasteiger partial charge on any atom is -0.338 e. The number of hydrogen-bond acceptors (Lipinski definition) is 5. The van der Waals surface area contributed by atoms with Gasteiger partial charge in [-0.2, -0.15) is 5.10 Å². The maximum atomic E-state index is 13.8. The van der Waals surface area contributed by atoms with Crippen molar-refractivity contribution in [3.63, 3.8) is 0 Å². The van der Waals surface area contributed by atoms with Crippen molar-refractivity contribution < 1.29 is 4.79 Å². The van der Waals surface area contributed by atoms with Crippen molar-refractivity contribution in [1.29, 1.82) is 0 Å². The molecule has 1 saturated heterocycles. The summed E-state index contributed by atoms with van der Waals surface area (Å²) >= 11 is 0. The van der Waals surface area contributed by atoms with Crippen LogP contribution in [0.5, 0.6) is 0 Å². The molecule has 186 valence electrons. The number of nitrogens with one attached hydrogen (secondary N) is 1. The minimum absolute atomic E-state index is 0.00836. The Balaban J connectivity index is 1.54. The molecule has 1 fully saturated rings. The highest BCUT2D eigenvalue weighted by molar-refractivity contribution is 5.98. The van der Waals surface area contributed by atoms with Crippen LogP contribution in [-0.4, -0.2) is 69.2 Å². The van der Waals surface area contributed by atoms with Gasteiger partial charge in [-0.1, -0.05) is 18.7 Å². The molecule has 3 heterocycles. The molecule has 0 unspecified atom stereocenters. The molecular formula is C28H32N6O2. The van der Waals surface area contributed by atoms with Crippen molar-refractivity contribution >= 4 is 27.7 Å². The summed E-state index contributed by atoms with van der Waals surface area (Å²) in [6.07, 6.45) is 4.71. The number of aromatic amines is 1. The highest BCUT2D eigenvalue weighted by Crippen LogP contribution is 2.32. The van der Waals surface area contributed by atoms with E-state index in [1.165, 1.54) is 6.08 Å². The predicted molar refractivity (Wildman–Crippen MR) is 143 cm³/mol. The van der Waals surface area contributed by atoms with Crippen molar-refractivity contribution in [2.45, 2.75) is 26.3 Å². The van der Waals surface area contributed by atoms with Crippen LogP contribution in [0, 0.1) is 12.8 Å². The Morgan fingerprint density at radius 2 is 2.03 bits per heavy atom. The van der Waals surface area contributed by atoms with Crippen LogP contribution in [0.2, 0.25) is 0 Å². The lowest BCUT2D eigenvalue weighted by molar-refractivity contribution is -0.132. The Morgan fingerprint density at radius 3 is 2.78 bits per heavy atom. The molecule has 0 aliphatic carbocycles. The van der Waals surface area contributed by atoms with Crippen LogP contribution in [0.3, 0.4) is 0 Å². The molecule has 1 amide bonds. The van der Waals surface area contributed by atoms with Crippen LogP contribution in [0.4, 0.5) is 0 Å². The van der Waals surface area contributed by atoms with E-state index in [-0.39, 0.29) is 11.5 Å². The van der Waals surface area contributed by atoms with Crippen molar-refractivity contribution in [2.24, 2.45) is 5.92 Å². The van der Waals surface area contributed by atoms with E-state index in [0.29, 0.717) is 42.9 Å². The number of carbonyl (C=O) groups excluding carboxylic acids is 1. The third-order valence-electron chi connectivity index (χ3n) is 7.06. The molecule has 0 radical (unpaired) electrons. The number of nitrogens with zero attached hydrogens (tertiary/aromatic N) is 5. The first-order chi connectivity index (χ1) is 17.4.